The van der Waals surface area contributed by atoms with Crippen molar-refractivity contribution in [3.8, 4) is 5.75 Å². The second kappa shape index (κ2) is 9.90. The minimum absolute atomic E-state index is 0.000580. The van der Waals surface area contributed by atoms with E-state index in [0.29, 0.717) is 40.5 Å². The molecule has 0 atom stereocenters. The fourth-order valence-corrected chi connectivity index (χ4v) is 3.56. The molecule has 0 aromatic heterocycles. The van der Waals surface area contributed by atoms with Crippen molar-refractivity contribution in [1.82, 2.24) is 4.90 Å². The quantitative estimate of drug-likeness (QED) is 0.605. The zero-order valence-corrected chi connectivity index (χ0v) is 17.7. The Morgan fingerprint density at radius 2 is 1.90 bits per heavy atom. The van der Waals surface area contributed by atoms with Gasteiger partial charge in [0.05, 0.1) is 27.8 Å². The molecule has 2 aromatic carbocycles. The summed E-state index contributed by atoms with van der Waals surface area (Å²) in [7, 11) is 0. The fraction of sp³-hybridized carbons (Fsp3) is 0.435. The number of nitrogens with zero attached hydrogens (tertiary/aromatic N) is 2. The molecule has 0 radical (unpaired) electrons. The van der Waals surface area contributed by atoms with Crippen molar-refractivity contribution in [3.05, 3.63) is 52.0 Å². The molecule has 5 nitrogen and oxygen atoms in total. The number of aryl methyl sites for hydroxylation is 1. The van der Waals surface area contributed by atoms with Crippen LogP contribution in [0.1, 0.15) is 35.8 Å². The van der Waals surface area contributed by atoms with Crippen LogP contribution in [0.4, 0.5) is 11.4 Å². The number of fused-ring (bicyclic) bond motifs is 1. The van der Waals surface area contributed by atoms with Gasteiger partial charge < -0.3 is 15.0 Å². The lowest BCUT2D eigenvalue weighted by atomic mass is 10.0. The average molecular weight is 456 g/mol. The lowest BCUT2D eigenvalue weighted by Crippen LogP contribution is -2.46. The number of benzene rings is 2. The van der Waals surface area contributed by atoms with Gasteiger partial charge in [-0.15, -0.1) is 0 Å². The molecule has 2 heterocycles. The van der Waals surface area contributed by atoms with Gasteiger partial charge in [-0.05, 0) is 49.6 Å². The van der Waals surface area contributed by atoms with E-state index < -0.39 is 26.0 Å². The Bertz CT molecular complexity index is 1200. The number of nitrogens with one attached hydrogen (secondary N) is 1. The van der Waals surface area contributed by atoms with Crippen molar-refractivity contribution in [3.63, 3.8) is 0 Å². The molecule has 1 saturated heterocycles. The predicted molar refractivity (Wildman–Crippen MR) is 123 cm³/mol. The van der Waals surface area contributed by atoms with E-state index in [9.17, 15) is 4.79 Å². The van der Waals surface area contributed by atoms with Gasteiger partial charge in [0.25, 0.3) is 0 Å². The molecule has 1 fully saturated rings. The summed E-state index contributed by atoms with van der Waals surface area (Å²) in [5.41, 5.74) is 1.46. The molecule has 0 bridgehead atoms. The van der Waals surface area contributed by atoms with Crippen LogP contribution in [0, 0.1) is 0 Å². The van der Waals surface area contributed by atoms with Gasteiger partial charge >= 0.3 is 0 Å². The standard InChI is InChI=1S/C23H27Cl2N3O2/c24-19-4-3-5-21(23(19)25)28-13-11-27(12-14-28)10-1-2-15-30-18-8-6-17-7-9-22(29)26-20(17)16-18/h3-6,8,16H,1-2,7,9-15H2,(H,26,29)/i11D2,12D2,13D2,14D2. The van der Waals surface area contributed by atoms with Crippen LogP contribution in [0.2, 0.25) is 10.0 Å². The SMILES string of the molecule is [2H]C1([2H])N(CCCCOc2ccc3c(c2)NC(=O)CC3)C([2H])([2H])C([2H])([2H])N(c2cccc(Cl)c2Cl)C1([2H])[2H]. The first kappa shape index (κ1) is 13.5. The highest BCUT2D eigenvalue weighted by Crippen LogP contribution is 2.33. The van der Waals surface area contributed by atoms with Crippen molar-refractivity contribution < 1.29 is 20.5 Å². The molecule has 0 saturated carbocycles. The molecular weight excluding hydrogens is 421 g/mol. The molecule has 1 N–H and O–H groups in total. The Morgan fingerprint density at radius 1 is 1.07 bits per heavy atom. The van der Waals surface area contributed by atoms with Gasteiger partial charge in [-0.1, -0.05) is 35.3 Å². The number of amides is 1. The number of carbonyl (C=O) groups excluding carboxylic acids is 1. The van der Waals surface area contributed by atoms with E-state index in [1.54, 1.807) is 12.1 Å². The maximum Gasteiger partial charge on any atom is 0.224 e. The molecule has 2 aliphatic rings. The van der Waals surface area contributed by atoms with Crippen LogP contribution in [0.25, 0.3) is 0 Å². The first-order chi connectivity index (χ1) is 17.6. The Kier molecular flexibility index (Phi) is 4.44. The second-order valence-corrected chi connectivity index (χ2v) is 7.72. The van der Waals surface area contributed by atoms with Gasteiger partial charge in [-0.25, -0.2) is 0 Å². The zero-order valence-electron chi connectivity index (χ0n) is 24.2. The highest BCUT2D eigenvalue weighted by Gasteiger charge is 2.19. The molecule has 0 aliphatic carbocycles. The fourth-order valence-electron chi connectivity index (χ4n) is 3.18. The minimum atomic E-state index is -3.03. The molecule has 4 rings (SSSR count). The highest BCUT2D eigenvalue weighted by molar-refractivity contribution is 6.43. The number of ether oxygens (including phenoxy) is 1. The normalized spacial score (nSPS) is 27.5. The van der Waals surface area contributed by atoms with Gasteiger partial charge in [0.1, 0.15) is 5.75 Å². The van der Waals surface area contributed by atoms with Crippen LogP contribution < -0.4 is 15.0 Å². The van der Waals surface area contributed by atoms with E-state index in [2.05, 4.69) is 5.32 Å². The van der Waals surface area contributed by atoms with Gasteiger partial charge in [-0.2, -0.15) is 0 Å². The van der Waals surface area contributed by atoms with Crippen molar-refractivity contribution >= 4 is 40.5 Å². The summed E-state index contributed by atoms with van der Waals surface area (Å²) >= 11 is 12.3. The maximum atomic E-state index is 11.6. The molecule has 30 heavy (non-hydrogen) atoms. The third-order valence-corrected chi connectivity index (χ3v) is 5.60. The van der Waals surface area contributed by atoms with E-state index in [-0.39, 0.29) is 41.2 Å². The van der Waals surface area contributed by atoms with E-state index in [1.165, 1.54) is 18.2 Å². The summed E-state index contributed by atoms with van der Waals surface area (Å²) in [6, 6.07) is 9.49. The van der Waals surface area contributed by atoms with Crippen molar-refractivity contribution in [2.45, 2.75) is 25.7 Å². The second-order valence-electron chi connectivity index (χ2n) is 6.93. The average Bonchev–Trinajstić information content (AvgIpc) is 2.82. The Labute approximate surface area is 199 Å². The summed E-state index contributed by atoms with van der Waals surface area (Å²) in [6.07, 6.45) is 1.65. The molecule has 2 aromatic rings. The summed E-state index contributed by atoms with van der Waals surface area (Å²) in [4.78, 5) is 12.6. The molecule has 0 spiro atoms. The first-order valence-corrected chi connectivity index (χ1v) is 10.5. The molecule has 160 valence electrons. The first-order valence-electron chi connectivity index (χ1n) is 13.7. The van der Waals surface area contributed by atoms with Crippen LogP contribution in [0.3, 0.4) is 0 Å². The summed E-state index contributed by atoms with van der Waals surface area (Å²) in [5, 5.41) is 2.59. The molecule has 1 amide bonds. The molecule has 7 heteroatoms. The summed E-state index contributed by atoms with van der Waals surface area (Å²) < 4.78 is 74.4. The van der Waals surface area contributed by atoms with E-state index >= 15 is 0 Å². The zero-order chi connectivity index (χ0) is 28.1. The van der Waals surface area contributed by atoms with Crippen LogP contribution in [0.15, 0.2) is 36.4 Å². The maximum absolute atomic E-state index is 11.6. The van der Waals surface area contributed by atoms with Gasteiger partial charge in [0.2, 0.25) is 5.91 Å². The lowest BCUT2D eigenvalue weighted by Gasteiger charge is -2.36. The van der Waals surface area contributed by atoms with E-state index in [1.807, 2.05) is 6.07 Å². The Balaban J connectivity index is 1.47. The number of piperazine rings is 1. The Hall–Kier alpha value is -1.95. The number of unbranched alkanes of at least 4 members (excludes halogenated alkanes) is 1. The van der Waals surface area contributed by atoms with Crippen LogP contribution in [-0.4, -0.2) is 49.9 Å². The minimum Gasteiger partial charge on any atom is -0.494 e. The van der Waals surface area contributed by atoms with Crippen molar-refractivity contribution in [2.75, 3.05) is 49.4 Å². The number of carbonyl (C=O) groups is 1. The Morgan fingerprint density at radius 3 is 2.73 bits per heavy atom. The topological polar surface area (TPSA) is 44.8 Å². The third kappa shape index (κ3) is 5.20. The summed E-state index contributed by atoms with van der Waals surface area (Å²) in [5.74, 6) is 0.479. The molecule has 2 aliphatic heterocycles. The van der Waals surface area contributed by atoms with E-state index in [0.717, 1.165) is 5.56 Å². The largest absolute Gasteiger partial charge is 0.494 e. The lowest BCUT2D eigenvalue weighted by molar-refractivity contribution is -0.116. The van der Waals surface area contributed by atoms with Gasteiger partial charge in [0, 0.05) is 49.6 Å². The summed E-state index contributed by atoms with van der Waals surface area (Å²) in [6.45, 7) is -12.0. The van der Waals surface area contributed by atoms with Gasteiger partial charge in [-0.3, -0.25) is 9.69 Å². The third-order valence-electron chi connectivity index (χ3n) is 4.79. The van der Waals surface area contributed by atoms with Crippen molar-refractivity contribution in [1.29, 1.82) is 0 Å². The van der Waals surface area contributed by atoms with Crippen LogP contribution in [-0.2, 0) is 11.2 Å². The van der Waals surface area contributed by atoms with Crippen LogP contribution >= 0.6 is 23.2 Å². The predicted octanol–water partition coefficient (Wildman–Crippen LogP) is 4.86. The highest BCUT2D eigenvalue weighted by atomic mass is 35.5. The number of halogens is 2. The monoisotopic (exact) mass is 455 g/mol. The van der Waals surface area contributed by atoms with Gasteiger partial charge in [0.15, 0.2) is 0 Å². The smallest absolute Gasteiger partial charge is 0.224 e. The van der Waals surface area contributed by atoms with Crippen LogP contribution in [0.5, 0.6) is 5.75 Å². The number of anilines is 2. The molecule has 0 unspecified atom stereocenters. The number of hydrogen-bond acceptors (Lipinski definition) is 4. The van der Waals surface area contributed by atoms with E-state index in [4.69, 9.17) is 38.9 Å². The number of rotatable bonds is 7. The molecular formula is C23H27Cl2N3O2. The van der Waals surface area contributed by atoms with Crippen molar-refractivity contribution in [2.24, 2.45) is 0 Å². The number of hydrogen-bond donors (Lipinski definition) is 1.